The van der Waals surface area contributed by atoms with E-state index in [2.05, 4.69) is 15.0 Å². The summed E-state index contributed by atoms with van der Waals surface area (Å²) in [5.74, 6) is 0.152. The number of pyridine rings is 1. The average molecular weight is 482 g/mol. The summed E-state index contributed by atoms with van der Waals surface area (Å²) in [4.78, 5) is 31.7. The van der Waals surface area contributed by atoms with Gasteiger partial charge in [0.2, 0.25) is 5.88 Å². The Morgan fingerprint density at radius 1 is 1.24 bits per heavy atom. The van der Waals surface area contributed by atoms with E-state index >= 15 is 0 Å². The van der Waals surface area contributed by atoms with E-state index in [9.17, 15) is 9.18 Å². The van der Waals surface area contributed by atoms with E-state index in [1.807, 2.05) is 36.9 Å². The van der Waals surface area contributed by atoms with Gasteiger partial charge < -0.3 is 14.5 Å². The molecule has 0 radical (unpaired) electrons. The number of rotatable bonds is 9. The van der Waals surface area contributed by atoms with Crippen molar-refractivity contribution < 1.29 is 13.9 Å². The van der Waals surface area contributed by atoms with Gasteiger partial charge in [-0.15, -0.1) is 11.3 Å². The molecular formula is C25H28FN5O2S. The lowest BCUT2D eigenvalue weighted by atomic mass is 9.95. The van der Waals surface area contributed by atoms with Gasteiger partial charge in [0.05, 0.1) is 22.7 Å². The number of fused-ring (bicyclic) bond motifs is 1. The second-order valence-corrected chi connectivity index (χ2v) is 9.63. The van der Waals surface area contributed by atoms with Crippen molar-refractivity contribution in [3.05, 3.63) is 64.4 Å². The summed E-state index contributed by atoms with van der Waals surface area (Å²) in [6.45, 7) is 3.65. The van der Waals surface area contributed by atoms with Crippen LogP contribution in [0.1, 0.15) is 28.3 Å². The van der Waals surface area contributed by atoms with Gasteiger partial charge in [0.15, 0.2) is 0 Å². The molecule has 0 unspecified atom stereocenters. The summed E-state index contributed by atoms with van der Waals surface area (Å²) in [6.07, 6.45) is 7.65. The average Bonchev–Trinajstić information content (AvgIpc) is 3.41. The van der Waals surface area contributed by atoms with Crippen molar-refractivity contribution in [2.45, 2.75) is 19.8 Å². The van der Waals surface area contributed by atoms with E-state index in [0.29, 0.717) is 37.5 Å². The lowest BCUT2D eigenvalue weighted by Crippen LogP contribution is -2.38. The summed E-state index contributed by atoms with van der Waals surface area (Å²) < 4.78 is 19.0. The van der Waals surface area contributed by atoms with Crippen LogP contribution in [0.15, 0.2) is 58.6 Å². The molecule has 0 N–H and O–H groups in total. The zero-order chi connectivity index (χ0) is 24.2. The molecule has 1 aliphatic heterocycles. The largest absolute Gasteiger partial charge is 0.481 e. The summed E-state index contributed by atoms with van der Waals surface area (Å²) in [5.41, 5.74) is 3.93. The van der Waals surface area contributed by atoms with Crippen molar-refractivity contribution in [1.29, 1.82) is 0 Å². The Morgan fingerprint density at radius 2 is 2.06 bits per heavy atom. The number of carbonyl (C=O) groups excluding carboxylic acids is 1. The fourth-order valence-corrected chi connectivity index (χ4v) is 4.75. The molecule has 178 valence electrons. The molecule has 1 aliphatic carbocycles. The molecule has 1 amide bonds. The SMILES string of the molecule is COc1ccc(-c2sc(C)nc2C(=O)N(CCC2=CN=C3CC=C(F)C=C23)CCN(C)C)cn1. The number of aromatic nitrogens is 2. The van der Waals surface area contributed by atoms with Crippen LogP contribution in [-0.4, -0.2) is 72.2 Å². The van der Waals surface area contributed by atoms with Crippen LogP contribution in [0.5, 0.6) is 5.88 Å². The zero-order valence-electron chi connectivity index (χ0n) is 19.8. The number of nitrogens with zero attached hydrogens (tertiary/aromatic N) is 5. The molecule has 7 nitrogen and oxygen atoms in total. The first kappa shape index (κ1) is 24.0. The highest BCUT2D eigenvalue weighted by Gasteiger charge is 2.26. The highest BCUT2D eigenvalue weighted by molar-refractivity contribution is 7.15. The predicted molar refractivity (Wildman–Crippen MR) is 133 cm³/mol. The number of aryl methyl sites for hydroxylation is 1. The molecular weight excluding hydrogens is 453 g/mol. The monoisotopic (exact) mass is 481 g/mol. The number of hydrogen-bond donors (Lipinski definition) is 0. The molecule has 0 aromatic carbocycles. The number of ether oxygens (including phenoxy) is 1. The maximum atomic E-state index is 13.8. The van der Waals surface area contributed by atoms with Crippen LogP contribution >= 0.6 is 11.3 Å². The first-order chi connectivity index (χ1) is 16.4. The topological polar surface area (TPSA) is 70.9 Å². The minimum atomic E-state index is -0.238. The molecule has 2 aromatic rings. The van der Waals surface area contributed by atoms with E-state index in [-0.39, 0.29) is 11.7 Å². The fourth-order valence-electron chi connectivity index (χ4n) is 3.85. The van der Waals surface area contributed by atoms with Gasteiger partial charge in [-0.1, -0.05) is 0 Å². The van der Waals surface area contributed by atoms with E-state index in [4.69, 9.17) is 4.74 Å². The van der Waals surface area contributed by atoms with Gasteiger partial charge in [-0.25, -0.2) is 14.4 Å². The lowest BCUT2D eigenvalue weighted by molar-refractivity contribution is 0.0742. The van der Waals surface area contributed by atoms with Crippen LogP contribution in [0.2, 0.25) is 0 Å². The van der Waals surface area contributed by atoms with Gasteiger partial charge in [0.25, 0.3) is 5.91 Å². The third-order valence-corrected chi connectivity index (χ3v) is 6.73. The van der Waals surface area contributed by atoms with Crippen molar-refractivity contribution in [2.24, 2.45) is 4.99 Å². The maximum absolute atomic E-state index is 13.8. The quantitative estimate of drug-likeness (QED) is 0.530. The Kier molecular flexibility index (Phi) is 7.33. The molecule has 0 fully saturated rings. The standard InChI is InChI=1S/C25H28FN5O2S/c1-16-29-23(24(34-16)18-5-8-22(33-4)28-15-18)25(32)31(12-11-30(2)3)10-9-17-14-27-21-7-6-19(26)13-20(17)21/h5-6,8,13-15H,7,9-12H2,1-4H3. The first-order valence-corrected chi connectivity index (χ1v) is 11.9. The van der Waals surface area contributed by atoms with Crippen LogP contribution in [-0.2, 0) is 0 Å². The predicted octanol–water partition coefficient (Wildman–Crippen LogP) is 4.44. The van der Waals surface area contributed by atoms with Crippen LogP contribution < -0.4 is 4.74 Å². The number of methoxy groups -OCH3 is 1. The fraction of sp³-hybridized carbons (Fsp3) is 0.360. The third kappa shape index (κ3) is 5.31. The minimum Gasteiger partial charge on any atom is -0.481 e. The van der Waals surface area contributed by atoms with E-state index in [0.717, 1.165) is 38.9 Å². The number of carbonyl (C=O) groups is 1. The van der Waals surface area contributed by atoms with E-state index < -0.39 is 0 Å². The van der Waals surface area contributed by atoms with Gasteiger partial charge in [-0.3, -0.25) is 9.79 Å². The molecule has 9 heteroatoms. The Labute approximate surface area is 203 Å². The molecule has 2 aliphatic rings. The number of aliphatic imine (C=N–C) groups is 1. The van der Waals surface area contributed by atoms with Gasteiger partial charge in [-0.05, 0) is 51.2 Å². The Balaban J connectivity index is 1.56. The van der Waals surface area contributed by atoms with Gasteiger partial charge in [0, 0.05) is 55.7 Å². The summed E-state index contributed by atoms with van der Waals surface area (Å²) >= 11 is 1.47. The molecule has 3 heterocycles. The Bertz CT molecular complexity index is 1190. The number of likely N-dealkylation sites (N-methyl/N-ethyl adjacent to an activating group) is 1. The smallest absolute Gasteiger partial charge is 0.274 e. The van der Waals surface area contributed by atoms with Crippen molar-refractivity contribution >= 4 is 23.0 Å². The molecule has 2 aromatic heterocycles. The molecule has 0 spiro atoms. The number of allylic oxidation sites excluding steroid dienone is 4. The number of thiazole rings is 1. The van der Waals surface area contributed by atoms with Crippen molar-refractivity contribution in [2.75, 3.05) is 40.8 Å². The second-order valence-electron chi connectivity index (χ2n) is 8.43. The molecule has 4 rings (SSSR count). The number of halogens is 1. The van der Waals surface area contributed by atoms with Crippen molar-refractivity contribution in [3.8, 4) is 16.3 Å². The number of hydrogen-bond acceptors (Lipinski definition) is 7. The normalized spacial score (nSPS) is 14.9. The Morgan fingerprint density at radius 3 is 2.76 bits per heavy atom. The third-order valence-electron chi connectivity index (χ3n) is 5.71. The molecule has 34 heavy (non-hydrogen) atoms. The first-order valence-electron chi connectivity index (χ1n) is 11.1. The van der Waals surface area contributed by atoms with E-state index in [1.54, 1.807) is 25.6 Å². The minimum absolute atomic E-state index is 0.125. The summed E-state index contributed by atoms with van der Waals surface area (Å²) in [6, 6.07) is 3.66. The van der Waals surface area contributed by atoms with Crippen LogP contribution in [0.3, 0.4) is 0 Å². The maximum Gasteiger partial charge on any atom is 0.274 e. The summed E-state index contributed by atoms with van der Waals surface area (Å²) in [7, 11) is 5.52. The lowest BCUT2D eigenvalue weighted by Gasteiger charge is -2.25. The van der Waals surface area contributed by atoms with Crippen molar-refractivity contribution in [1.82, 2.24) is 19.8 Å². The van der Waals surface area contributed by atoms with E-state index in [1.165, 1.54) is 23.5 Å². The molecule has 0 atom stereocenters. The van der Waals surface area contributed by atoms with Crippen LogP contribution in [0.4, 0.5) is 4.39 Å². The van der Waals surface area contributed by atoms with Crippen molar-refractivity contribution in [3.63, 3.8) is 0 Å². The Hall–Kier alpha value is -3.17. The van der Waals surface area contributed by atoms with Gasteiger partial charge >= 0.3 is 0 Å². The van der Waals surface area contributed by atoms with Crippen LogP contribution in [0.25, 0.3) is 10.4 Å². The second kappa shape index (κ2) is 10.4. The van der Waals surface area contributed by atoms with Crippen LogP contribution in [0, 0.1) is 6.92 Å². The highest BCUT2D eigenvalue weighted by atomic mass is 32.1. The van der Waals surface area contributed by atoms with Gasteiger partial charge in [-0.2, -0.15) is 0 Å². The molecule has 0 saturated carbocycles. The molecule has 0 saturated heterocycles. The zero-order valence-corrected chi connectivity index (χ0v) is 20.7. The van der Waals surface area contributed by atoms with Gasteiger partial charge in [0.1, 0.15) is 11.5 Å². The highest BCUT2D eigenvalue weighted by Crippen LogP contribution is 2.32. The molecule has 0 bridgehead atoms. The number of amides is 1. The summed E-state index contributed by atoms with van der Waals surface area (Å²) in [5, 5.41) is 0.813.